The van der Waals surface area contributed by atoms with E-state index in [-0.39, 0.29) is 11.7 Å². The number of benzene rings is 1. The Morgan fingerprint density at radius 2 is 2.10 bits per heavy atom. The van der Waals surface area contributed by atoms with Gasteiger partial charge >= 0.3 is 0 Å². The Bertz CT molecular complexity index is 462. The summed E-state index contributed by atoms with van der Waals surface area (Å²) in [7, 11) is 3.80. The third-order valence-electron chi connectivity index (χ3n) is 3.62. The van der Waals surface area contributed by atoms with Gasteiger partial charge in [0.05, 0.1) is 13.2 Å². The van der Waals surface area contributed by atoms with E-state index in [0.29, 0.717) is 24.8 Å². The van der Waals surface area contributed by atoms with Crippen molar-refractivity contribution >= 4 is 5.91 Å². The Kier molecular flexibility index (Phi) is 5.56. The summed E-state index contributed by atoms with van der Waals surface area (Å²) in [6, 6.07) is 6.05. The molecule has 1 aromatic carbocycles. The summed E-state index contributed by atoms with van der Waals surface area (Å²) >= 11 is 0. The topological polar surface area (TPSA) is 32.8 Å². The molecule has 1 saturated heterocycles. The number of halogens is 1. The Morgan fingerprint density at radius 1 is 1.38 bits per heavy atom. The van der Waals surface area contributed by atoms with Crippen molar-refractivity contribution in [1.82, 2.24) is 9.80 Å². The molecule has 0 saturated carbocycles. The number of ether oxygens (including phenoxy) is 1. The van der Waals surface area contributed by atoms with E-state index in [1.807, 2.05) is 23.9 Å². The van der Waals surface area contributed by atoms with Crippen LogP contribution < -0.4 is 4.74 Å². The fourth-order valence-corrected chi connectivity index (χ4v) is 2.54. The molecule has 0 aromatic heterocycles. The first kappa shape index (κ1) is 15.8. The highest BCUT2D eigenvalue weighted by Crippen LogP contribution is 2.19. The highest BCUT2D eigenvalue weighted by molar-refractivity contribution is 5.78. The van der Waals surface area contributed by atoms with Gasteiger partial charge in [-0.2, -0.15) is 0 Å². The number of carbonyl (C=O) groups is 1. The molecule has 1 atom stereocenters. The summed E-state index contributed by atoms with van der Waals surface area (Å²) < 4.78 is 18.5. The number of likely N-dealkylation sites (N-methyl/N-ethyl adjacent to an activating group) is 1. The molecule has 0 unspecified atom stereocenters. The summed E-state index contributed by atoms with van der Waals surface area (Å²) in [5.41, 5.74) is 0. The van der Waals surface area contributed by atoms with Crippen LogP contribution in [0, 0.1) is 11.7 Å². The summed E-state index contributed by atoms with van der Waals surface area (Å²) in [4.78, 5) is 15.9. The number of amides is 1. The van der Waals surface area contributed by atoms with Crippen molar-refractivity contribution < 1.29 is 13.9 Å². The molecule has 1 fully saturated rings. The Balaban J connectivity index is 1.81. The quantitative estimate of drug-likeness (QED) is 0.833. The lowest BCUT2D eigenvalue weighted by Crippen LogP contribution is -2.44. The van der Waals surface area contributed by atoms with Crippen LogP contribution in [0.1, 0.15) is 12.8 Å². The van der Waals surface area contributed by atoms with Crippen molar-refractivity contribution in [3.63, 3.8) is 0 Å². The number of nitrogens with zero attached hydrogens (tertiary/aromatic N) is 2. The van der Waals surface area contributed by atoms with Crippen LogP contribution in [-0.4, -0.2) is 56.0 Å². The zero-order valence-electron chi connectivity index (χ0n) is 12.7. The molecule has 1 aromatic rings. The molecule has 1 amide bonds. The largest absolute Gasteiger partial charge is 0.493 e. The molecule has 0 bridgehead atoms. The lowest BCUT2D eigenvalue weighted by atomic mass is 9.99. The van der Waals surface area contributed by atoms with E-state index >= 15 is 0 Å². The fourth-order valence-electron chi connectivity index (χ4n) is 2.54. The molecule has 0 radical (unpaired) electrons. The standard InChI is InChI=1S/C16H23FN2O2/c1-18(2)11-16(20)19-9-3-4-13(10-19)12-21-15-7-5-14(17)6-8-15/h5-8,13H,3-4,9-12H2,1-2H3/t13-/m1/s1. The van der Waals surface area contributed by atoms with Gasteiger partial charge in [-0.25, -0.2) is 4.39 Å². The van der Waals surface area contributed by atoms with Crippen LogP contribution in [0.25, 0.3) is 0 Å². The average molecular weight is 294 g/mol. The third kappa shape index (κ3) is 5.01. The van der Waals surface area contributed by atoms with E-state index in [4.69, 9.17) is 4.74 Å². The molecule has 21 heavy (non-hydrogen) atoms. The second-order valence-electron chi connectivity index (χ2n) is 5.85. The second-order valence-corrected chi connectivity index (χ2v) is 5.85. The van der Waals surface area contributed by atoms with Gasteiger partial charge in [-0.15, -0.1) is 0 Å². The van der Waals surface area contributed by atoms with Gasteiger partial charge in [-0.05, 0) is 51.2 Å². The van der Waals surface area contributed by atoms with Crippen LogP contribution in [0.15, 0.2) is 24.3 Å². The van der Waals surface area contributed by atoms with E-state index in [9.17, 15) is 9.18 Å². The zero-order valence-corrected chi connectivity index (χ0v) is 12.7. The molecule has 2 rings (SSSR count). The Labute approximate surface area is 125 Å². The number of hydrogen-bond acceptors (Lipinski definition) is 3. The van der Waals surface area contributed by atoms with Crippen molar-refractivity contribution in [2.45, 2.75) is 12.8 Å². The maximum absolute atomic E-state index is 12.8. The van der Waals surface area contributed by atoms with Gasteiger partial charge in [0.25, 0.3) is 0 Å². The minimum Gasteiger partial charge on any atom is -0.493 e. The molecule has 0 N–H and O–H groups in total. The molecule has 5 heteroatoms. The van der Waals surface area contributed by atoms with Gasteiger partial charge in [0.2, 0.25) is 5.91 Å². The molecule has 4 nitrogen and oxygen atoms in total. The van der Waals surface area contributed by atoms with Crippen molar-refractivity contribution in [2.75, 3.05) is 40.3 Å². The van der Waals surface area contributed by atoms with Crippen LogP contribution in [0.2, 0.25) is 0 Å². The summed E-state index contributed by atoms with van der Waals surface area (Å²) in [5, 5.41) is 0. The first-order chi connectivity index (χ1) is 10.0. The van der Waals surface area contributed by atoms with Gasteiger partial charge in [0.15, 0.2) is 0 Å². The molecule has 1 aliphatic heterocycles. The van der Waals surface area contributed by atoms with Crippen LogP contribution in [0.3, 0.4) is 0 Å². The second kappa shape index (κ2) is 7.41. The third-order valence-corrected chi connectivity index (χ3v) is 3.62. The molecule has 1 aliphatic rings. The molecule has 0 aliphatic carbocycles. The first-order valence-corrected chi connectivity index (χ1v) is 7.35. The normalized spacial score (nSPS) is 18.9. The van der Waals surface area contributed by atoms with Gasteiger partial charge in [0.1, 0.15) is 11.6 Å². The Hall–Kier alpha value is -1.62. The summed E-state index contributed by atoms with van der Waals surface area (Å²) in [5.74, 6) is 0.926. The maximum atomic E-state index is 12.8. The van der Waals surface area contributed by atoms with Crippen molar-refractivity contribution in [1.29, 1.82) is 0 Å². The van der Waals surface area contributed by atoms with Gasteiger partial charge in [0, 0.05) is 19.0 Å². The van der Waals surface area contributed by atoms with Crippen LogP contribution in [0.4, 0.5) is 4.39 Å². The average Bonchev–Trinajstić information content (AvgIpc) is 2.46. The number of piperidine rings is 1. The first-order valence-electron chi connectivity index (χ1n) is 7.35. The van der Waals surface area contributed by atoms with E-state index in [1.54, 1.807) is 12.1 Å². The number of hydrogen-bond donors (Lipinski definition) is 0. The van der Waals surface area contributed by atoms with Gasteiger partial charge in [-0.3, -0.25) is 4.79 Å². The number of rotatable bonds is 5. The molecule has 116 valence electrons. The van der Waals surface area contributed by atoms with Crippen molar-refractivity contribution in [2.24, 2.45) is 5.92 Å². The van der Waals surface area contributed by atoms with E-state index in [0.717, 1.165) is 25.9 Å². The molecular formula is C16H23FN2O2. The predicted molar refractivity (Wildman–Crippen MR) is 79.8 cm³/mol. The van der Waals surface area contributed by atoms with Crippen LogP contribution in [0.5, 0.6) is 5.75 Å². The van der Waals surface area contributed by atoms with E-state index in [2.05, 4.69) is 0 Å². The lowest BCUT2D eigenvalue weighted by molar-refractivity contribution is -0.133. The number of carbonyl (C=O) groups excluding carboxylic acids is 1. The molecule has 1 heterocycles. The van der Waals surface area contributed by atoms with Gasteiger partial charge < -0.3 is 14.5 Å². The highest BCUT2D eigenvalue weighted by Gasteiger charge is 2.24. The molecular weight excluding hydrogens is 271 g/mol. The predicted octanol–water partition coefficient (Wildman–Crippen LogP) is 2.00. The molecule has 0 spiro atoms. The minimum absolute atomic E-state index is 0.173. The SMILES string of the molecule is CN(C)CC(=O)N1CCC[C@@H](COc2ccc(F)cc2)C1. The number of likely N-dealkylation sites (tertiary alicyclic amines) is 1. The van der Waals surface area contributed by atoms with Crippen molar-refractivity contribution in [3.05, 3.63) is 30.1 Å². The van der Waals surface area contributed by atoms with Gasteiger partial charge in [-0.1, -0.05) is 0 Å². The van der Waals surface area contributed by atoms with Crippen LogP contribution >= 0.6 is 0 Å². The highest BCUT2D eigenvalue weighted by atomic mass is 19.1. The monoisotopic (exact) mass is 294 g/mol. The van der Waals surface area contributed by atoms with Crippen LogP contribution in [-0.2, 0) is 4.79 Å². The van der Waals surface area contributed by atoms with E-state index < -0.39 is 0 Å². The minimum atomic E-state index is -0.263. The van der Waals surface area contributed by atoms with E-state index in [1.165, 1.54) is 12.1 Å². The van der Waals surface area contributed by atoms with Crippen molar-refractivity contribution in [3.8, 4) is 5.75 Å². The Morgan fingerprint density at radius 3 is 2.76 bits per heavy atom. The smallest absolute Gasteiger partial charge is 0.236 e. The summed E-state index contributed by atoms with van der Waals surface area (Å²) in [6.45, 7) is 2.59. The fraction of sp³-hybridized carbons (Fsp3) is 0.562. The summed E-state index contributed by atoms with van der Waals surface area (Å²) in [6.07, 6.45) is 2.07. The zero-order chi connectivity index (χ0) is 15.2. The lowest BCUT2D eigenvalue weighted by Gasteiger charge is -2.33. The maximum Gasteiger partial charge on any atom is 0.236 e.